The molecule has 1 fully saturated rings. The van der Waals surface area contributed by atoms with E-state index in [4.69, 9.17) is 19.0 Å². The molecule has 9 nitrogen and oxygen atoms in total. The topological polar surface area (TPSA) is 108 Å². The molecule has 0 aromatic heterocycles. The fraction of sp³-hybridized carbons (Fsp3) is 0.429. The van der Waals surface area contributed by atoms with E-state index in [9.17, 15) is 18.0 Å². The van der Waals surface area contributed by atoms with Gasteiger partial charge in [0.25, 0.3) is 10.0 Å². The van der Waals surface area contributed by atoms with Crippen molar-refractivity contribution in [2.24, 2.45) is 0 Å². The lowest BCUT2D eigenvalue weighted by molar-refractivity contribution is -0.145. The van der Waals surface area contributed by atoms with Crippen molar-refractivity contribution in [1.29, 1.82) is 0 Å². The Morgan fingerprint density at radius 2 is 2.04 bits per heavy atom. The first-order chi connectivity index (χ1) is 11.3. The maximum absolute atomic E-state index is 12.4. The molecule has 24 heavy (non-hydrogen) atoms. The van der Waals surface area contributed by atoms with E-state index in [0.717, 1.165) is 6.07 Å². The fourth-order valence-electron chi connectivity index (χ4n) is 2.02. The van der Waals surface area contributed by atoms with E-state index in [2.05, 4.69) is 0 Å². The number of esters is 2. The molecule has 1 aliphatic rings. The van der Waals surface area contributed by atoms with Gasteiger partial charge < -0.3 is 14.2 Å². The minimum Gasteiger partial charge on any atom is -0.495 e. The van der Waals surface area contributed by atoms with Gasteiger partial charge >= 0.3 is 11.9 Å². The number of rotatable bonds is 6. The van der Waals surface area contributed by atoms with Gasteiger partial charge in [-0.25, -0.2) is 18.0 Å². The zero-order valence-electron chi connectivity index (χ0n) is 13.3. The molecule has 0 amide bonds. The standard InChI is InChI=1S/C14H17NO8S/c1-15(21-3)24(18,19)12-8-9(4-5-10(12)20-2)13(16)23-11-6-7-22-14(11)17/h4-5,8,11H,6-7H2,1-3H3/t11-/m0/s1. The van der Waals surface area contributed by atoms with Gasteiger partial charge in [0.15, 0.2) is 0 Å². The summed E-state index contributed by atoms with van der Waals surface area (Å²) in [6.07, 6.45) is -0.723. The highest BCUT2D eigenvalue weighted by Gasteiger charge is 2.32. The molecule has 1 aliphatic heterocycles. The lowest BCUT2D eigenvalue weighted by Gasteiger charge is -2.17. The van der Waals surface area contributed by atoms with Crippen molar-refractivity contribution in [1.82, 2.24) is 4.47 Å². The Labute approximate surface area is 139 Å². The smallest absolute Gasteiger partial charge is 0.347 e. The van der Waals surface area contributed by atoms with Gasteiger partial charge in [-0.05, 0) is 18.2 Å². The summed E-state index contributed by atoms with van der Waals surface area (Å²) in [5.41, 5.74) is -0.0430. The lowest BCUT2D eigenvalue weighted by Crippen LogP contribution is -2.27. The number of carbonyl (C=O) groups is 2. The first kappa shape index (κ1) is 18.2. The molecule has 0 aliphatic carbocycles. The summed E-state index contributed by atoms with van der Waals surface area (Å²) in [4.78, 5) is 27.9. The van der Waals surface area contributed by atoms with Crippen molar-refractivity contribution in [3.8, 4) is 5.75 Å². The Kier molecular flexibility index (Phi) is 5.42. The van der Waals surface area contributed by atoms with Crippen LogP contribution in [-0.4, -0.2) is 58.8 Å². The molecule has 0 unspecified atom stereocenters. The van der Waals surface area contributed by atoms with E-state index in [1.807, 2.05) is 0 Å². The van der Waals surface area contributed by atoms with Crippen molar-refractivity contribution in [3.63, 3.8) is 0 Å². The predicted molar refractivity (Wildman–Crippen MR) is 79.7 cm³/mol. The van der Waals surface area contributed by atoms with E-state index >= 15 is 0 Å². The van der Waals surface area contributed by atoms with Crippen LogP contribution in [0.1, 0.15) is 16.8 Å². The summed E-state index contributed by atoms with van der Waals surface area (Å²) in [5.74, 6) is -1.42. The summed E-state index contributed by atoms with van der Waals surface area (Å²) in [5, 5.41) is 0. The molecule has 1 aromatic carbocycles. The number of hydroxylamine groups is 1. The minimum atomic E-state index is -4.04. The van der Waals surface area contributed by atoms with Crippen LogP contribution in [0.25, 0.3) is 0 Å². The third-order valence-electron chi connectivity index (χ3n) is 3.41. The second kappa shape index (κ2) is 7.16. The number of hydrogen-bond acceptors (Lipinski definition) is 8. The van der Waals surface area contributed by atoms with Crippen LogP contribution in [0, 0.1) is 0 Å². The zero-order valence-corrected chi connectivity index (χ0v) is 14.2. The molecular weight excluding hydrogens is 342 g/mol. The third kappa shape index (κ3) is 3.50. The van der Waals surface area contributed by atoms with Crippen molar-refractivity contribution in [2.75, 3.05) is 27.9 Å². The largest absolute Gasteiger partial charge is 0.495 e. The third-order valence-corrected chi connectivity index (χ3v) is 5.11. The van der Waals surface area contributed by atoms with Crippen LogP contribution in [0.2, 0.25) is 0 Å². The summed E-state index contributed by atoms with van der Waals surface area (Å²) in [6.45, 7) is 0.178. The molecule has 1 aromatic rings. The summed E-state index contributed by atoms with van der Waals surface area (Å²) >= 11 is 0. The molecule has 10 heteroatoms. The quantitative estimate of drug-likeness (QED) is 0.529. The number of ether oxygens (including phenoxy) is 3. The van der Waals surface area contributed by atoms with Gasteiger partial charge in [-0.2, -0.15) is 0 Å². The van der Waals surface area contributed by atoms with Crippen LogP contribution in [0.15, 0.2) is 23.1 Å². The number of sulfonamides is 1. The molecule has 1 heterocycles. The first-order valence-corrected chi connectivity index (χ1v) is 8.34. The second-order valence-electron chi connectivity index (χ2n) is 4.81. The summed E-state index contributed by atoms with van der Waals surface area (Å²) in [6, 6.07) is 3.76. The fourth-order valence-corrected chi connectivity index (χ4v) is 3.18. The van der Waals surface area contributed by atoms with Gasteiger partial charge in [-0.15, -0.1) is 0 Å². The van der Waals surface area contributed by atoms with Crippen molar-refractivity contribution < 1.29 is 37.1 Å². The summed E-state index contributed by atoms with van der Waals surface area (Å²) in [7, 11) is -0.349. The minimum absolute atomic E-state index is 0.0377. The Bertz CT molecular complexity index is 745. The molecule has 0 N–H and O–H groups in total. The van der Waals surface area contributed by atoms with Gasteiger partial charge in [0.2, 0.25) is 6.10 Å². The average molecular weight is 359 g/mol. The van der Waals surface area contributed by atoms with Crippen LogP contribution >= 0.6 is 0 Å². The van der Waals surface area contributed by atoms with Crippen molar-refractivity contribution in [2.45, 2.75) is 17.4 Å². The maximum atomic E-state index is 12.4. The van der Waals surface area contributed by atoms with E-state index in [-0.39, 0.29) is 29.2 Å². The zero-order chi connectivity index (χ0) is 17.9. The van der Waals surface area contributed by atoms with E-state index in [1.165, 1.54) is 33.4 Å². The molecule has 2 rings (SSSR count). The van der Waals surface area contributed by atoms with Gasteiger partial charge in [-0.1, -0.05) is 4.47 Å². The van der Waals surface area contributed by atoms with Crippen LogP contribution < -0.4 is 4.74 Å². The van der Waals surface area contributed by atoms with Crippen LogP contribution in [-0.2, 0) is 29.1 Å². The number of hydrogen-bond donors (Lipinski definition) is 0. The van der Waals surface area contributed by atoms with Gasteiger partial charge in [0, 0.05) is 13.5 Å². The number of methoxy groups -OCH3 is 1. The highest BCUT2D eigenvalue weighted by molar-refractivity contribution is 7.89. The molecular formula is C14H17NO8S. The van der Waals surface area contributed by atoms with Crippen LogP contribution in [0.3, 0.4) is 0 Å². The molecule has 1 atom stereocenters. The number of carbonyl (C=O) groups excluding carboxylic acids is 2. The van der Waals surface area contributed by atoms with E-state index in [1.54, 1.807) is 0 Å². The Hall–Kier alpha value is -2.17. The molecule has 0 radical (unpaired) electrons. The lowest BCUT2D eigenvalue weighted by atomic mass is 10.2. The molecule has 1 saturated heterocycles. The molecule has 0 spiro atoms. The normalized spacial score (nSPS) is 17.7. The van der Waals surface area contributed by atoms with Gasteiger partial charge in [-0.3, -0.25) is 4.84 Å². The van der Waals surface area contributed by atoms with E-state index < -0.39 is 28.1 Å². The Morgan fingerprint density at radius 1 is 1.33 bits per heavy atom. The predicted octanol–water partition coefficient (Wildman–Crippen LogP) is 0.349. The Balaban J connectivity index is 2.34. The number of nitrogens with zero attached hydrogens (tertiary/aromatic N) is 1. The van der Waals surface area contributed by atoms with Crippen LogP contribution in [0.5, 0.6) is 5.75 Å². The van der Waals surface area contributed by atoms with Crippen molar-refractivity contribution in [3.05, 3.63) is 23.8 Å². The molecule has 132 valence electrons. The number of benzene rings is 1. The van der Waals surface area contributed by atoms with E-state index in [0.29, 0.717) is 4.47 Å². The number of cyclic esters (lactones) is 1. The van der Waals surface area contributed by atoms with Crippen molar-refractivity contribution >= 4 is 22.0 Å². The average Bonchev–Trinajstić information content (AvgIpc) is 2.98. The maximum Gasteiger partial charge on any atom is 0.347 e. The molecule has 0 saturated carbocycles. The SMILES string of the molecule is COc1ccc(C(=O)O[C@H]2CCOC2=O)cc1S(=O)(=O)N(C)OC. The monoisotopic (exact) mass is 359 g/mol. The highest BCUT2D eigenvalue weighted by Crippen LogP contribution is 2.28. The van der Waals surface area contributed by atoms with Crippen LogP contribution in [0.4, 0.5) is 0 Å². The Morgan fingerprint density at radius 3 is 2.58 bits per heavy atom. The first-order valence-electron chi connectivity index (χ1n) is 6.90. The summed E-state index contributed by atoms with van der Waals surface area (Å²) < 4.78 is 40.2. The molecule has 0 bridgehead atoms. The van der Waals surface area contributed by atoms with Gasteiger partial charge in [0.05, 0.1) is 26.4 Å². The van der Waals surface area contributed by atoms with Gasteiger partial charge in [0.1, 0.15) is 10.6 Å². The second-order valence-corrected chi connectivity index (χ2v) is 6.72. The highest BCUT2D eigenvalue weighted by atomic mass is 32.2.